The van der Waals surface area contributed by atoms with Crippen molar-refractivity contribution in [2.45, 2.75) is 51.0 Å². The summed E-state index contributed by atoms with van der Waals surface area (Å²) in [5.41, 5.74) is 1.87. The fourth-order valence-electron chi connectivity index (χ4n) is 6.36. The van der Waals surface area contributed by atoms with Crippen LogP contribution in [0.1, 0.15) is 49.8 Å². The summed E-state index contributed by atoms with van der Waals surface area (Å²) in [6.07, 6.45) is 9.46. The van der Waals surface area contributed by atoms with E-state index in [-0.39, 0.29) is 18.6 Å². The largest absolute Gasteiger partial charge is 0.456 e. The Hall–Kier alpha value is -1.69. The molecule has 0 aliphatic heterocycles. The van der Waals surface area contributed by atoms with Gasteiger partial charge in [-0.1, -0.05) is 11.6 Å². The molecule has 4 saturated carbocycles. The van der Waals surface area contributed by atoms with Crippen LogP contribution in [-0.2, 0) is 11.2 Å². The molecule has 1 aromatic carbocycles. The van der Waals surface area contributed by atoms with E-state index in [1.165, 1.54) is 32.1 Å². The lowest BCUT2D eigenvalue weighted by atomic mass is 9.54. The van der Waals surface area contributed by atoms with Gasteiger partial charge in [0.1, 0.15) is 11.5 Å². The second-order valence-corrected chi connectivity index (χ2v) is 10.7. The van der Waals surface area contributed by atoms with Crippen molar-refractivity contribution in [3.8, 4) is 11.3 Å². The van der Waals surface area contributed by atoms with Crippen LogP contribution in [0.4, 0.5) is 0 Å². The Labute approximate surface area is 199 Å². The fourth-order valence-corrected chi connectivity index (χ4v) is 6.67. The van der Waals surface area contributed by atoms with Crippen LogP contribution in [0.3, 0.4) is 0 Å². The van der Waals surface area contributed by atoms with Crippen molar-refractivity contribution in [2.24, 2.45) is 23.7 Å². The lowest BCUT2D eigenvalue weighted by Gasteiger charge is -2.54. The van der Waals surface area contributed by atoms with Crippen molar-refractivity contribution in [1.82, 2.24) is 5.32 Å². The molecule has 2 aromatic rings. The van der Waals surface area contributed by atoms with Crippen LogP contribution in [0, 0.1) is 23.7 Å². The molecule has 2 N–H and O–H groups in total. The van der Waals surface area contributed by atoms with Gasteiger partial charge in [-0.15, -0.1) is 12.6 Å². The molecule has 0 unspecified atom stereocenters. The summed E-state index contributed by atoms with van der Waals surface area (Å²) >= 11 is 10.6. The highest BCUT2D eigenvalue weighted by molar-refractivity contribution is 7.85. The van der Waals surface area contributed by atoms with Crippen molar-refractivity contribution in [3.05, 3.63) is 51.6 Å². The van der Waals surface area contributed by atoms with E-state index in [0.29, 0.717) is 46.1 Å². The van der Waals surface area contributed by atoms with Crippen molar-refractivity contribution >= 4 is 36.2 Å². The monoisotopic (exact) mass is 471 g/mol. The van der Waals surface area contributed by atoms with Gasteiger partial charge in [0.15, 0.2) is 0 Å². The summed E-state index contributed by atoms with van der Waals surface area (Å²) in [5, 5.41) is 13.3. The molecular weight excluding hydrogens is 442 g/mol. The number of nitrogens with one attached hydrogen (secondary N) is 1. The van der Waals surface area contributed by atoms with Gasteiger partial charge in [-0.3, -0.25) is 4.79 Å². The molecule has 1 heterocycles. The highest BCUT2D eigenvalue weighted by Crippen LogP contribution is 2.53. The number of hydrogen-bond donors (Lipinski definition) is 3. The SMILES string of the molecule is O=C(NC1C2CC3CC(C2)CC1C3)/C(S)=C/c1oc(-c2ccc(Cl)cc2)cc1CCCO. The minimum absolute atomic E-state index is 0.102. The van der Waals surface area contributed by atoms with Crippen LogP contribution in [0.15, 0.2) is 39.7 Å². The number of amides is 1. The van der Waals surface area contributed by atoms with E-state index in [9.17, 15) is 9.90 Å². The number of rotatable bonds is 7. The molecule has 0 spiro atoms. The van der Waals surface area contributed by atoms with Crippen molar-refractivity contribution in [1.29, 1.82) is 0 Å². The maximum absolute atomic E-state index is 13.0. The Bertz CT molecular complexity index is 985. The number of carbonyl (C=O) groups is 1. The van der Waals surface area contributed by atoms with Crippen LogP contribution in [0.2, 0.25) is 5.02 Å². The quantitative estimate of drug-likeness (QED) is 0.356. The summed E-state index contributed by atoms with van der Waals surface area (Å²) in [4.78, 5) is 13.4. The Balaban J connectivity index is 1.34. The molecule has 4 nitrogen and oxygen atoms in total. The minimum atomic E-state index is -0.122. The van der Waals surface area contributed by atoms with E-state index < -0.39 is 0 Å². The van der Waals surface area contributed by atoms with Gasteiger partial charge in [0.2, 0.25) is 0 Å². The molecule has 4 fully saturated rings. The topological polar surface area (TPSA) is 62.5 Å². The summed E-state index contributed by atoms with van der Waals surface area (Å²) in [7, 11) is 0. The molecule has 6 heteroatoms. The smallest absolute Gasteiger partial charge is 0.257 e. The first-order chi connectivity index (χ1) is 15.5. The van der Waals surface area contributed by atoms with Crippen LogP contribution >= 0.6 is 24.2 Å². The molecule has 6 rings (SSSR count). The fraction of sp³-hybridized carbons (Fsp3) is 0.500. The minimum Gasteiger partial charge on any atom is -0.456 e. The van der Waals surface area contributed by atoms with Crippen LogP contribution in [0.25, 0.3) is 17.4 Å². The lowest BCUT2D eigenvalue weighted by molar-refractivity contribution is -0.120. The summed E-state index contributed by atoms with van der Waals surface area (Å²) in [6, 6.07) is 9.72. The Morgan fingerprint density at radius 3 is 2.41 bits per heavy atom. The molecule has 1 aromatic heterocycles. The average molecular weight is 472 g/mol. The number of hydrogen-bond acceptors (Lipinski definition) is 4. The number of carbonyl (C=O) groups excluding carboxylic acids is 1. The zero-order valence-corrected chi connectivity index (χ0v) is 19.7. The zero-order chi connectivity index (χ0) is 22.2. The Morgan fingerprint density at radius 2 is 1.78 bits per heavy atom. The molecule has 170 valence electrons. The van der Waals surface area contributed by atoms with Gasteiger partial charge in [-0.05, 0) is 111 Å². The number of furan rings is 1. The maximum Gasteiger partial charge on any atom is 0.257 e. The highest BCUT2D eigenvalue weighted by atomic mass is 35.5. The molecule has 1 amide bonds. The second-order valence-electron chi connectivity index (χ2n) is 9.79. The first-order valence-electron chi connectivity index (χ1n) is 11.7. The third kappa shape index (κ3) is 4.52. The molecule has 32 heavy (non-hydrogen) atoms. The predicted molar refractivity (Wildman–Crippen MR) is 130 cm³/mol. The van der Waals surface area contributed by atoms with Gasteiger partial charge < -0.3 is 14.8 Å². The number of aliphatic hydroxyl groups excluding tert-OH is 1. The van der Waals surface area contributed by atoms with Gasteiger partial charge in [-0.25, -0.2) is 0 Å². The number of thiol groups is 1. The molecular formula is C26H30ClNO3S. The van der Waals surface area contributed by atoms with Gasteiger partial charge in [0.25, 0.3) is 5.91 Å². The third-order valence-corrected chi connectivity index (χ3v) is 8.18. The highest BCUT2D eigenvalue weighted by Gasteiger charge is 2.48. The summed E-state index contributed by atoms with van der Waals surface area (Å²) in [6.45, 7) is 0.102. The van der Waals surface area contributed by atoms with E-state index in [1.807, 2.05) is 30.3 Å². The normalized spacial score (nSPS) is 28.8. The summed E-state index contributed by atoms with van der Waals surface area (Å²) in [5.74, 6) is 4.20. The van der Waals surface area contributed by atoms with Crippen LogP contribution < -0.4 is 5.32 Å². The number of benzene rings is 1. The molecule has 0 saturated heterocycles. The first kappa shape index (κ1) is 22.1. The van der Waals surface area contributed by atoms with Crippen molar-refractivity contribution in [3.63, 3.8) is 0 Å². The second kappa shape index (κ2) is 9.28. The molecule has 0 radical (unpaired) electrons. The van der Waals surface area contributed by atoms with Gasteiger partial charge in [0.05, 0.1) is 4.91 Å². The van der Waals surface area contributed by atoms with E-state index in [1.54, 1.807) is 6.08 Å². The maximum atomic E-state index is 13.0. The molecule has 4 bridgehead atoms. The average Bonchev–Trinajstić information content (AvgIpc) is 3.17. The number of aliphatic hydroxyl groups is 1. The predicted octanol–water partition coefficient (Wildman–Crippen LogP) is 5.74. The van der Waals surface area contributed by atoms with E-state index in [4.69, 9.17) is 16.0 Å². The van der Waals surface area contributed by atoms with Gasteiger partial charge in [-0.2, -0.15) is 0 Å². The molecule has 4 aliphatic rings. The standard InChI is InChI=1S/C26H30ClNO3S/c27-21-5-3-17(4-6-21)22-13-18(2-1-7-29)23(31-22)14-24(32)26(30)28-25-19-9-15-8-16(11-19)12-20(25)10-15/h3-6,13-16,19-20,25,29,32H,1-2,7-12H2,(H,28,30)/b24-14-. The Morgan fingerprint density at radius 1 is 1.12 bits per heavy atom. The van der Waals surface area contributed by atoms with Crippen LogP contribution in [0.5, 0.6) is 0 Å². The third-order valence-electron chi connectivity index (χ3n) is 7.60. The van der Waals surface area contributed by atoms with E-state index >= 15 is 0 Å². The van der Waals surface area contributed by atoms with E-state index in [2.05, 4.69) is 17.9 Å². The summed E-state index contributed by atoms with van der Waals surface area (Å²) < 4.78 is 6.11. The lowest BCUT2D eigenvalue weighted by Crippen LogP contribution is -2.55. The molecule has 0 atom stereocenters. The van der Waals surface area contributed by atoms with E-state index in [0.717, 1.165) is 23.0 Å². The van der Waals surface area contributed by atoms with Gasteiger partial charge in [0, 0.05) is 23.2 Å². The van der Waals surface area contributed by atoms with Gasteiger partial charge >= 0.3 is 0 Å². The van der Waals surface area contributed by atoms with Crippen molar-refractivity contribution in [2.75, 3.05) is 6.61 Å². The molecule has 4 aliphatic carbocycles. The van der Waals surface area contributed by atoms with Crippen molar-refractivity contribution < 1.29 is 14.3 Å². The number of halogens is 1. The Kier molecular flexibility index (Phi) is 6.42. The first-order valence-corrected chi connectivity index (χ1v) is 12.5. The van der Waals surface area contributed by atoms with Crippen LogP contribution in [-0.4, -0.2) is 23.7 Å². The zero-order valence-electron chi connectivity index (χ0n) is 18.1. The number of aryl methyl sites for hydroxylation is 1.